The molecule has 0 heterocycles. The first kappa shape index (κ1) is 10.4. The summed E-state index contributed by atoms with van der Waals surface area (Å²) in [5, 5.41) is 2.62. The van der Waals surface area contributed by atoms with Crippen LogP contribution in [0.5, 0.6) is 0 Å². The second kappa shape index (κ2) is 4.55. The molecule has 1 saturated carbocycles. The van der Waals surface area contributed by atoms with E-state index in [4.69, 9.17) is 14.2 Å². The van der Waals surface area contributed by atoms with E-state index in [1.165, 1.54) is 0 Å². The van der Waals surface area contributed by atoms with Gasteiger partial charge in [-0.2, -0.15) is 0 Å². The van der Waals surface area contributed by atoms with E-state index >= 15 is 0 Å². The Bertz CT molecular complexity index is 166. The number of methoxy groups -OCH3 is 2. The van der Waals surface area contributed by atoms with Gasteiger partial charge in [-0.05, 0) is 12.8 Å². The van der Waals surface area contributed by atoms with Crippen molar-refractivity contribution in [2.75, 3.05) is 20.8 Å². The van der Waals surface area contributed by atoms with Gasteiger partial charge < -0.3 is 19.5 Å². The molecule has 13 heavy (non-hydrogen) atoms. The number of ether oxygens (including phenoxy) is 3. The third-order valence-electron chi connectivity index (χ3n) is 2.05. The van der Waals surface area contributed by atoms with Crippen molar-refractivity contribution in [3.8, 4) is 0 Å². The minimum Gasteiger partial charge on any atom is -0.354 e. The average Bonchev–Trinajstić information content (AvgIpc) is 2.88. The third-order valence-corrected chi connectivity index (χ3v) is 2.05. The highest BCUT2D eigenvalue weighted by Gasteiger charge is 2.44. The van der Waals surface area contributed by atoms with Crippen LogP contribution in [0.4, 0.5) is 0 Å². The molecule has 0 atom stereocenters. The summed E-state index contributed by atoms with van der Waals surface area (Å²) >= 11 is 0. The molecule has 0 saturated heterocycles. The molecule has 0 aromatic carbocycles. The molecule has 1 rings (SSSR count). The molecule has 0 spiro atoms. The molecule has 0 aliphatic heterocycles. The quantitative estimate of drug-likeness (QED) is 0.447. The lowest BCUT2D eigenvalue weighted by Gasteiger charge is -2.19. The van der Waals surface area contributed by atoms with Crippen molar-refractivity contribution < 1.29 is 19.0 Å². The molecular weight excluding hydrogens is 174 g/mol. The van der Waals surface area contributed by atoms with E-state index in [9.17, 15) is 4.79 Å². The van der Waals surface area contributed by atoms with Crippen LogP contribution in [0, 0.1) is 0 Å². The first-order valence-corrected chi connectivity index (χ1v) is 4.17. The maximum absolute atomic E-state index is 10.2. The summed E-state index contributed by atoms with van der Waals surface area (Å²) < 4.78 is 15.3. The molecule has 0 aromatic rings. The lowest BCUT2D eigenvalue weighted by molar-refractivity contribution is -0.161. The van der Waals surface area contributed by atoms with Crippen LogP contribution in [-0.4, -0.2) is 39.3 Å². The number of carbonyl (C=O) groups is 1. The zero-order valence-corrected chi connectivity index (χ0v) is 7.91. The number of hydrogen-bond donors (Lipinski definition) is 1. The molecule has 5 nitrogen and oxygen atoms in total. The lowest BCUT2D eigenvalue weighted by Crippen LogP contribution is -2.36. The lowest BCUT2D eigenvalue weighted by atomic mass is 10.5. The first-order chi connectivity index (χ1) is 6.26. The number of amides is 1. The number of carbonyl (C=O) groups excluding carboxylic acids is 1. The molecule has 0 aromatic heterocycles. The van der Waals surface area contributed by atoms with Crippen LogP contribution in [0.15, 0.2) is 0 Å². The summed E-state index contributed by atoms with van der Waals surface area (Å²) in [6.07, 6.45) is 1.99. The Balaban J connectivity index is 2.20. The predicted octanol–water partition coefficient (Wildman–Crippen LogP) is -0.142. The maximum Gasteiger partial charge on any atom is 0.209 e. The molecule has 1 amide bonds. The number of rotatable bonds is 7. The highest BCUT2D eigenvalue weighted by atomic mass is 16.7. The standard InChI is InChI=1S/C8H15NO4/c1-11-7(12-2)5-13-8(3-4-8)9-6-10/h6-7H,3-5H2,1-2H3,(H,9,10). The average molecular weight is 189 g/mol. The number of hydrogen-bond acceptors (Lipinski definition) is 4. The van der Waals surface area contributed by atoms with Crippen LogP contribution in [0.2, 0.25) is 0 Å². The summed E-state index contributed by atoms with van der Waals surface area (Å²) in [4.78, 5) is 10.2. The zero-order chi connectivity index (χ0) is 9.73. The van der Waals surface area contributed by atoms with Crippen LogP contribution in [0.1, 0.15) is 12.8 Å². The van der Waals surface area contributed by atoms with Gasteiger partial charge in [0.15, 0.2) is 6.29 Å². The summed E-state index contributed by atoms with van der Waals surface area (Å²) in [5.41, 5.74) is -0.447. The summed E-state index contributed by atoms with van der Waals surface area (Å²) in [6.45, 7) is 0.327. The summed E-state index contributed by atoms with van der Waals surface area (Å²) in [7, 11) is 3.09. The fraction of sp³-hybridized carbons (Fsp3) is 0.875. The molecule has 1 aliphatic carbocycles. The van der Waals surface area contributed by atoms with Gasteiger partial charge >= 0.3 is 0 Å². The fourth-order valence-corrected chi connectivity index (χ4v) is 1.01. The zero-order valence-electron chi connectivity index (χ0n) is 7.91. The van der Waals surface area contributed by atoms with E-state index < -0.39 is 5.72 Å². The molecule has 0 radical (unpaired) electrons. The van der Waals surface area contributed by atoms with Gasteiger partial charge in [-0.15, -0.1) is 0 Å². The fourth-order valence-electron chi connectivity index (χ4n) is 1.01. The van der Waals surface area contributed by atoms with Crippen molar-refractivity contribution in [2.45, 2.75) is 24.9 Å². The number of nitrogens with one attached hydrogen (secondary N) is 1. The van der Waals surface area contributed by atoms with E-state index in [1.807, 2.05) is 0 Å². The Morgan fingerprint density at radius 3 is 2.46 bits per heavy atom. The van der Waals surface area contributed by atoms with Crippen LogP contribution in [0.25, 0.3) is 0 Å². The van der Waals surface area contributed by atoms with E-state index in [0.29, 0.717) is 13.0 Å². The second-order valence-electron chi connectivity index (χ2n) is 2.97. The van der Waals surface area contributed by atoms with Crippen molar-refractivity contribution in [3.05, 3.63) is 0 Å². The molecule has 0 bridgehead atoms. The smallest absolute Gasteiger partial charge is 0.209 e. The Morgan fingerprint density at radius 1 is 1.46 bits per heavy atom. The van der Waals surface area contributed by atoms with Gasteiger partial charge in [0.25, 0.3) is 0 Å². The molecule has 5 heteroatoms. The second-order valence-corrected chi connectivity index (χ2v) is 2.97. The van der Waals surface area contributed by atoms with Gasteiger partial charge in [0.1, 0.15) is 12.3 Å². The maximum atomic E-state index is 10.2. The van der Waals surface area contributed by atoms with Crippen LogP contribution < -0.4 is 5.32 Å². The minimum atomic E-state index is -0.447. The Hall–Kier alpha value is -0.650. The molecule has 1 N–H and O–H groups in total. The molecule has 1 fully saturated rings. The third kappa shape index (κ3) is 2.95. The molecule has 0 unspecified atom stereocenters. The van der Waals surface area contributed by atoms with E-state index in [2.05, 4.69) is 5.32 Å². The highest BCUT2D eigenvalue weighted by Crippen LogP contribution is 2.36. The van der Waals surface area contributed by atoms with Gasteiger partial charge in [0, 0.05) is 14.2 Å². The van der Waals surface area contributed by atoms with Crippen LogP contribution >= 0.6 is 0 Å². The Kier molecular flexibility index (Phi) is 3.65. The van der Waals surface area contributed by atoms with Gasteiger partial charge in [0.05, 0.1) is 0 Å². The van der Waals surface area contributed by atoms with Crippen molar-refractivity contribution >= 4 is 6.41 Å². The van der Waals surface area contributed by atoms with Gasteiger partial charge in [-0.1, -0.05) is 0 Å². The predicted molar refractivity (Wildman–Crippen MR) is 44.9 cm³/mol. The minimum absolute atomic E-state index is 0.327. The van der Waals surface area contributed by atoms with Crippen molar-refractivity contribution in [1.82, 2.24) is 5.32 Å². The van der Waals surface area contributed by atoms with E-state index in [1.54, 1.807) is 14.2 Å². The monoisotopic (exact) mass is 189 g/mol. The van der Waals surface area contributed by atoms with Gasteiger partial charge in [-0.25, -0.2) is 0 Å². The highest BCUT2D eigenvalue weighted by molar-refractivity contribution is 5.48. The van der Waals surface area contributed by atoms with Crippen LogP contribution in [0.3, 0.4) is 0 Å². The molecule has 76 valence electrons. The van der Waals surface area contributed by atoms with Crippen molar-refractivity contribution in [1.29, 1.82) is 0 Å². The first-order valence-electron chi connectivity index (χ1n) is 4.17. The topological polar surface area (TPSA) is 56.8 Å². The van der Waals surface area contributed by atoms with Crippen molar-refractivity contribution in [2.24, 2.45) is 0 Å². The largest absolute Gasteiger partial charge is 0.354 e. The van der Waals surface area contributed by atoms with Crippen molar-refractivity contribution in [3.63, 3.8) is 0 Å². The summed E-state index contributed by atoms with van der Waals surface area (Å²) in [6, 6.07) is 0. The van der Waals surface area contributed by atoms with E-state index in [-0.39, 0.29) is 6.29 Å². The molecular formula is C8H15NO4. The van der Waals surface area contributed by atoms with Crippen LogP contribution in [-0.2, 0) is 19.0 Å². The van der Waals surface area contributed by atoms with E-state index in [0.717, 1.165) is 12.8 Å². The Morgan fingerprint density at radius 2 is 2.08 bits per heavy atom. The van der Waals surface area contributed by atoms with Gasteiger partial charge in [-0.3, -0.25) is 4.79 Å². The van der Waals surface area contributed by atoms with Gasteiger partial charge in [0.2, 0.25) is 6.41 Å². The molecule has 1 aliphatic rings. The normalized spacial score (nSPS) is 18.7. The Labute approximate surface area is 77.3 Å². The SMILES string of the molecule is COC(COC1(NC=O)CC1)OC. The summed E-state index contributed by atoms with van der Waals surface area (Å²) in [5.74, 6) is 0.